The van der Waals surface area contributed by atoms with Crippen LogP contribution in [0.15, 0.2) is 36.7 Å². The van der Waals surface area contributed by atoms with E-state index in [0.717, 1.165) is 67.5 Å². The Hall–Kier alpha value is -3.52. The van der Waals surface area contributed by atoms with E-state index in [1.54, 1.807) is 6.07 Å². The zero-order valence-electron chi connectivity index (χ0n) is 18.7. The van der Waals surface area contributed by atoms with Crippen molar-refractivity contribution < 1.29 is 5.11 Å². The van der Waals surface area contributed by atoms with E-state index in [9.17, 15) is 5.11 Å². The highest BCUT2D eigenvalue weighted by Crippen LogP contribution is 2.41. The molecule has 8 heteroatoms. The van der Waals surface area contributed by atoms with E-state index in [4.69, 9.17) is 9.97 Å². The van der Waals surface area contributed by atoms with Crippen molar-refractivity contribution in [2.24, 2.45) is 0 Å². The van der Waals surface area contributed by atoms with Gasteiger partial charge in [-0.1, -0.05) is 12.1 Å². The number of phenols is 1. The summed E-state index contributed by atoms with van der Waals surface area (Å²) >= 11 is 0. The number of para-hydroxylation sites is 1. The molecule has 0 radical (unpaired) electrons. The molecule has 3 aliphatic rings. The minimum Gasteiger partial charge on any atom is -0.507 e. The van der Waals surface area contributed by atoms with E-state index in [0.29, 0.717) is 5.92 Å². The Balaban J connectivity index is 1.30. The Labute approximate surface area is 193 Å². The second-order valence-electron chi connectivity index (χ2n) is 9.09. The van der Waals surface area contributed by atoms with Gasteiger partial charge in [0, 0.05) is 47.7 Å². The summed E-state index contributed by atoms with van der Waals surface area (Å²) in [6.07, 6.45) is 9.34. The SMILES string of the molecule is C[C@@H]1c2c([nH]c3c2C=C(c2ccccc2O)NN3)CCN1c1ncc(C2CCNCC2)cn1. The number of phenolic OH excluding ortho intramolecular Hbond substituents is 1. The molecule has 0 bridgehead atoms. The second kappa shape index (κ2) is 8.12. The molecule has 0 aliphatic carbocycles. The molecule has 1 fully saturated rings. The molecular formula is C25H29N7O. The molecule has 0 saturated carbocycles. The van der Waals surface area contributed by atoms with Crippen LogP contribution in [0.25, 0.3) is 11.8 Å². The molecule has 1 atom stereocenters. The van der Waals surface area contributed by atoms with Crippen molar-refractivity contribution in [3.05, 3.63) is 64.6 Å². The van der Waals surface area contributed by atoms with Crippen molar-refractivity contribution in [1.82, 2.24) is 25.7 Å². The second-order valence-corrected chi connectivity index (χ2v) is 9.09. The number of benzene rings is 1. The standard InChI is InChI=1S/C25H29N7O/c1-15-23-19-12-21(18-4-2-3-5-22(18)33)30-31-24(19)29-20(23)8-11-32(15)25-27-13-17(14-28-25)16-6-9-26-10-7-16/h2-5,12-16,26,29-31,33H,6-11H2,1H3/t15-/m1/s1. The van der Waals surface area contributed by atoms with Gasteiger partial charge in [-0.3, -0.25) is 10.9 Å². The van der Waals surface area contributed by atoms with Crippen LogP contribution in [0.3, 0.4) is 0 Å². The molecule has 170 valence electrons. The van der Waals surface area contributed by atoms with Crippen molar-refractivity contribution in [3.63, 3.8) is 0 Å². The molecule has 0 spiro atoms. The van der Waals surface area contributed by atoms with Gasteiger partial charge in [0.15, 0.2) is 0 Å². The molecule has 1 saturated heterocycles. The molecular weight excluding hydrogens is 414 g/mol. The van der Waals surface area contributed by atoms with Crippen molar-refractivity contribution in [3.8, 4) is 5.75 Å². The molecule has 33 heavy (non-hydrogen) atoms. The number of nitrogens with zero attached hydrogens (tertiary/aromatic N) is 3. The number of fused-ring (bicyclic) bond motifs is 3. The van der Waals surface area contributed by atoms with Crippen LogP contribution in [-0.4, -0.2) is 39.7 Å². The normalized spacial score (nSPS) is 20.3. The number of nitrogens with one attached hydrogen (secondary N) is 4. The van der Waals surface area contributed by atoms with Gasteiger partial charge in [-0.25, -0.2) is 9.97 Å². The minimum atomic E-state index is 0.125. The molecule has 3 aromatic rings. The number of aromatic hydroxyl groups is 1. The number of aromatic nitrogens is 3. The largest absolute Gasteiger partial charge is 0.507 e. The Bertz CT molecular complexity index is 1190. The fourth-order valence-electron chi connectivity index (χ4n) is 5.36. The van der Waals surface area contributed by atoms with Crippen LogP contribution in [0.2, 0.25) is 0 Å². The summed E-state index contributed by atoms with van der Waals surface area (Å²) in [7, 11) is 0. The molecule has 3 aliphatic heterocycles. The summed E-state index contributed by atoms with van der Waals surface area (Å²) in [4.78, 5) is 15.4. The van der Waals surface area contributed by atoms with Crippen LogP contribution in [0.5, 0.6) is 5.75 Å². The average Bonchev–Trinajstić information content (AvgIpc) is 3.24. The Morgan fingerprint density at radius 2 is 1.85 bits per heavy atom. The Kier molecular flexibility index (Phi) is 4.95. The molecule has 0 amide bonds. The van der Waals surface area contributed by atoms with Crippen molar-refractivity contribution in [1.29, 1.82) is 0 Å². The van der Waals surface area contributed by atoms with Gasteiger partial charge in [0.2, 0.25) is 5.95 Å². The molecule has 5 N–H and O–H groups in total. The van der Waals surface area contributed by atoms with E-state index in [1.807, 2.05) is 30.6 Å². The topological polar surface area (TPSA) is 101 Å². The van der Waals surface area contributed by atoms with Gasteiger partial charge < -0.3 is 20.3 Å². The van der Waals surface area contributed by atoms with E-state index < -0.39 is 0 Å². The number of hydrogen-bond acceptors (Lipinski definition) is 7. The summed E-state index contributed by atoms with van der Waals surface area (Å²) in [6, 6.07) is 7.49. The fourth-order valence-corrected chi connectivity index (χ4v) is 5.36. The summed E-state index contributed by atoms with van der Waals surface area (Å²) in [5.41, 5.74) is 12.9. The van der Waals surface area contributed by atoms with E-state index in [2.05, 4.69) is 39.1 Å². The van der Waals surface area contributed by atoms with Gasteiger partial charge >= 0.3 is 0 Å². The Morgan fingerprint density at radius 1 is 1.06 bits per heavy atom. The lowest BCUT2D eigenvalue weighted by Crippen LogP contribution is -2.35. The highest BCUT2D eigenvalue weighted by molar-refractivity contribution is 5.90. The highest BCUT2D eigenvalue weighted by atomic mass is 16.3. The first-order valence-corrected chi connectivity index (χ1v) is 11.7. The number of H-pyrrole nitrogens is 1. The lowest BCUT2D eigenvalue weighted by Gasteiger charge is -2.34. The number of hydrogen-bond donors (Lipinski definition) is 5. The van der Waals surface area contributed by atoms with Gasteiger partial charge in [0.05, 0.1) is 11.7 Å². The maximum absolute atomic E-state index is 10.3. The third kappa shape index (κ3) is 3.51. The number of rotatable bonds is 3. The predicted octanol–water partition coefficient (Wildman–Crippen LogP) is 3.53. The number of hydrazine groups is 1. The number of piperidine rings is 1. The van der Waals surface area contributed by atoms with Gasteiger partial charge in [0.1, 0.15) is 11.6 Å². The maximum Gasteiger partial charge on any atom is 0.225 e. The summed E-state index contributed by atoms with van der Waals surface area (Å²) in [5, 5.41) is 13.7. The van der Waals surface area contributed by atoms with Crippen molar-refractivity contribution >= 4 is 23.5 Å². The smallest absolute Gasteiger partial charge is 0.225 e. The van der Waals surface area contributed by atoms with Crippen molar-refractivity contribution in [2.75, 3.05) is 30.0 Å². The zero-order valence-corrected chi connectivity index (χ0v) is 18.7. The fraction of sp³-hybridized carbons (Fsp3) is 0.360. The molecule has 2 aromatic heterocycles. The number of anilines is 2. The van der Waals surface area contributed by atoms with Gasteiger partial charge in [0.25, 0.3) is 0 Å². The predicted molar refractivity (Wildman–Crippen MR) is 130 cm³/mol. The molecule has 1 aromatic carbocycles. The lowest BCUT2D eigenvalue weighted by molar-refractivity contribution is 0.458. The molecule has 8 nitrogen and oxygen atoms in total. The number of aromatic amines is 1. The third-order valence-electron chi connectivity index (χ3n) is 7.18. The van der Waals surface area contributed by atoms with Crippen LogP contribution in [-0.2, 0) is 6.42 Å². The van der Waals surface area contributed by atoms with Crippen LogP contribution >= 0.6 is 0 Å². The van der Waals surface area contributed by atoms with Crippen molar-refractivity contribution in [2.45, 2.75) is 38.1 Å². The third-order valence-corrected chi connectivity index (χ3v) is 7.18. The molecule has 0 unspecified atom stereocenters. The first-order chi connectivity index (χ1) is 16.2. The highest BCUT2D eigenvalue weighted by Gasteiger charge is 2.32. The Morgan fingerprint density at radius 3 is 2.64 bits per heavy atom. The quantitative estimate of drug-likeness (QED) is 0.422. The van der Waals surface area contributed by atoms with Crippen LogP contribution < -0.4 is 21.1 Å². The molecule has 5 heterocycles. The van der Waals surface area contributed by atoms with Crippen LogP contribution in [0.4, 0.5) is 11.8 Å². The van der Waals surface area contributed by atoms with Crippen LogP contribution in [0, 0.1) is 0 Å². The van der Waals surface area contributed by atoms with Gasteiger partial charge in [-0.15, -0.1) is 0 Å². The first kappa shape index (κ1) is 20.1. The first-order valence-electron chi connectivity index (χ1n) is 11.7. The summed E-state index contributed by atoms with van der Waals surface area (Å²) < 4.78 is 0. The van der Waals surface area contributed by atoms with Gasteiger partial charge in [-0.05, 0) is 62.5 Å². The zero-order chi connectivity index (χ0) is 22.4. The summed E-state index contributed by atoms with van der Waals surface area (Å²) in [6.45, 7) is 5.21. The van der Waals surface area contributed by atoms with Gasteiger partial charge in [-0.2, -0.15) is 0 Å². The van der Waals surface area contributed by atoms with E-state index in [-0.39, 0.29) is 11.8 Å². The average molecular weight is 444 g/mol. The summed E-state index contributed by atoms with van der Waals surface area (Å²) in [5.74, 6) is 2.55. The lowest BCUT2D eigenvalue weighted by atomic mass is 9.92. The van der Waals surface area contributed by atoms with Crippen LogP contribution in [0.1, 0.15) is 59.7 Å². The minimum absolute atomic E-state index is 0.125. The maximum atomic E-state index is 10.3. The van der Waals surface area contributed by atoms with E-state index >= 15 is 0 Å². The molecule has 6 rings (SSSR count). The monoisotopic (exact) mass is 443 g/mol. The van der Waals surface area contributed by atoms with E-state index in [1.165, 1.54) is 16.8 Å².